The van der Waals surface area contributed by atoms with Gasteiger partial charge in [-0.2, -0.15) is 0 Å². The van der Waals surface area contributed by atoms with Gasteiger partial charge in [-0.25, -0.2) is 0 Å². The minimum Gasteiger partial charge on any atom is -0.406 e. The number of halogens is 3. The van der Waals surface area contributed by atoms with Crippen molar-refractivity contribution in [1.29, 1.82) is 0 Å². The molecule has 40 heavy (non-hydrogen) atoms. The van der Waals surface area contributed by atoms with E-state index in [1.165, 1.54) is 28.8 Å². The van der Waals surface area contributed by atoms with Crippen LogP contribution < -0.4 is 10.1 Å². The van der Waals surface area contributed by atoms with E-state index < -0.39 is 6.36 Å². The van der Waals surface area contributed by atoms with E-state index in [0.29, 0.717) is 30.5 Å². The normalized spacial score (nSPS) is 24.2. The molecular weight excluding hydrogens is 513 g/mol. The molecule has 2 aliphatic rings. The van der Waals surface area contributed by atoms with Crippen molar-refractivity contribution in [2.45, 2.75) is 77.0 Å². The van der Waals surface area contributed by atoms with Gasteiger partial charge < -0.3 is 10.1 Å². The van der Waals surface area contributed by atoms with Gasteiger partial charge in [-0.15, -0.1) is 13.2 Å². The van der Waals surface area contributed by atoms with Gasteiger partial charge in [-0.1, -0.05) is 63.6 Å². The number of alkyl halides is 3. The van der Waals surface area contributed by atoms with Gasteiger partial charge in [0, 0.05) is 12.7 Å². The summed E-state index contributed by atoms with van der Waals surface area (Å²) in [5.74, 6) is 0.322. The van der Waals surface area contributed by atoms with E-state index in [-0.39, 0.29) is 22.5 Å². The Balaban J connectivity index is 1.48. The Hall–Kier alpha value is -3.35. The van der Waals surface area contributed by atoms with Crippen molar-refractivity contribution in [2.75, 3.05) is 6.54 Å². The van der Waals surface area contributed by atoms with E-state index in [2.05, 4.69) is 54.0 Å². The van der Waals surface area contributed by atoms with Gasteiger partial charge in [-0.3, -0.25) is 9.78 Å². The van der Waals surface area contributed by atoms with E-state index in [4.69, 9.17) is 0 Å². The van der Waals surface area contributed by atoms with Crippen LogP contribution in [-0.2, 0) is 18.3 Å². The number of hydrogen-bond acceptors (Lipinski definition) is 3. The number of ether oxygens (including phenoxy) is 1. The van der Waals surface area contributed by atoms with Crippen molar-refractivity contribution in [3.8, 4) is 5.75 Å². The average molecular weight is 551 g/mol. The van der Waals surface area contributed by atoms with E-state index in [1.54, 1.807) is 36.5 Å². The molecule has 0 radical (unpaired) electrons. The number of carbonyl (C=O) groups excluding carboxylic acids is 1. The standard InChI is InChI=1S/C33H37F3N2O2/c1-22(2)24-10-14-27-25(19-24)11-15-29-31(27,3)16-6-17-32(29,21-38-30(39)28-7-4-5-18-37-28)20-23-8-12-26(13-9-23)40-33(34,35)36/h4-5,7-10,12-14,18-19,22,29H,6,11,15-17,20-21H2,1-3H3,(H,38,39)/t29-,31-,32-/m1/s1. The maximum absolute atomic E-state index is 13.1. The molecule has 0 unspecified atom stereocenters. The molecule has 0 saturated heterocycles. The van der Waals surface area contributed by atoms with Gasteiger partial charge in [0.15, 0.2) is 0 Å². The molecule has 1 saturated carbocycles. The molecule has 1 amide bonds. The van der Waals surface area contributed by atoms with Crippen molar-refractivity contribution >= 4 is 5.91 Å². The second-order valence-electron chi connectivity index (χ2n) is 12.1. The fraction of sp³-hybridized carbons (Fsp3) is 0.455. The SMILES string of the molecule is CC(C)c1ccc2c(c1)CC[C@H]1[C@@](CNC(=O)c3ccccn3)(Cc3ccc(OC(F)(F)F)cc3)CCC[C@]21C. The lowest BCUT2D eigenvalue weighted by molar-refractivity contribution is -0.274. The smallest absolute Gasteiger partial charge is 0.406 e. The van der Waals surface area contributed by atoms with Gasteiger partial charge in [0.1, 0.15) is 11.4 Å². The van der Waals surface area contributed by atoms with Crippen molar-refractivity contribution in [1.82, 2.24) is 10.3 Å². The predicted molar refractivity (Wildman–Crippen MR) is 149 cm³/mol. The molecular formula is C33H37F3N2O2. The Morgan fingerprint density at radius 2 is 1.88 bits per heavy atom. The minimum absolute atomic E-state index is 0.0591. The lowest BCUT2D eigenvalue weighted by Gasteiger charge is -2.57. The van der Waals surface area contributed by atoms with Gasteiger partial charge >= 0.3 is 6.36 Å². The second kappa shape index (κ2) is 10.9. The molecule has 3 aromatic rings. The molecule has 4 nitrogen and oxygen atoms in total. The highest BCUT2D eigenvalue weighted by molar-refractivity contribution is 5.92. The number of fused-ring (bicyclic) bond motifs is 3. The van der Waals surface area contributed by atoms with Crippen molar-refractivity contribution in [3.63, 3.8) is 0 Å². The monoisotopic (exact) mass is 550 g/mol. The molecule has 1 N–H and O–H groups in total. The first kappa shape index (κ1) is 28.2. The summed E-state index contributed by atoms with van der Waals surface area (Å²) >= 11 is 0. The topological polar surface area (TPSA) is 51.2 Å². The van der Waals surface area contributed by atoms with Gasteiger partial charge in [0.05, 0.1) is 0 Å². The highest BCUT2D eigenvalue weighted by Gasteiger charge is 2.53. The largest absolute Gasteiger partial charge is 0.573 e. The van der Waals surface area contributed by atoms with E-state index >= 15 is 0 Å². The first-order valence-corrected chi connectivity index (χ1v) is 14.2. The summed E-state index contributed by atoms with van der Waals surface area (Å²) in [5.41, 5.74) is 5.17. The molecule has 2 aromatic carbocycles. The zero-order chi connectivity index (χ0) is 28.5. The van der Waals surface area contributed by atoms with Crippen LogP contribution in [0.2, 0.25) is 0 Å². The summed E-state index contributed by atoms with van der Waals surface area (Å²) in [6.45, 7) is 7.29. The Labute approximate surface area is 234 Å². The third-order valence-corrected chi connectivity index (χ3v) is 9.20. The maximum Gasteiger partial charge on any atom is 0.573 e. The first-order valence-electron chi connectivity index (χ1n) is 14.2. The van der Waals surface area contributed by atoms with Crippen LogP contribution in [0.25, 0.3) is 0 Å². The Morgan fingerprint density at radius 1 is 1.10 bits per heavy atom. The number of aryl methyl sites for hydroxylation is 1. The molecule has 0 spiro atoms. The number of carbonyl (C=O) groups is 1. The maximum atomic E-state index is 13.1. The summed E-state index contributed by atoms with van der Waals surface area (Å²) in [5, 5.41) is 3.20. The number of aromatic nitrogens is 1. The number of nitrogens with zero attached hydrogens (tertiary/aromatic N) is 1. The van der Waals surface area contributed by atoms with Crippen LogP contribution in [0.1, 0.15) is 85.1 Å². The van der Waals surface area contributed by atoms with Crippen LogP contribution in [0.15, 0.2) is 66.9 Å². The van der Waals surface area contributed by atoms with Gasteiger partial charge in [0.25, 0.3) is 5.91 Å². The predicted octanol–water partition coefficient (Wildman–Crippen LogP) is 7.77. The Kier molecular flexibility index (Phi) is 7.68. The van der Waals surface area contributed by atoms with Crippen molar-refractivity contribution < 1.29 is 22.7 Å². The lowest BCUT2D eigenvalue weighted by Crippen LogP contribution is -2.55. The molecule has 1 heterocycles. The molecule has 1 aromatic heterocycles. The summed E-state index contributed by atoms with van der Waals surface area (Å²) < 4.78 is 42.3. The molecule has 0 bridgehead atoms. The average Bonchev–Trinajstić information content (AvgIpc) is 2.92. The van der Waals surface area contributed by atoms with E-state index in [9.17, 15) is 18.0 Å². The first-order chi connectivity index (χ1) is 19.0. The number of pyridine rings is 1. The van der Waals surface area contributed by atoms with Crippen LogP contribution >= 0.6 is 0 Å². The molecule has 1 fully saturated rings. The second-order valence-corrected chi connectivity index (χ2v) is 12.1. The van der Waals surface area contributed by atoms with E-state index in [0.717, 1.165) is 37.7 Å². The summed E-state index contributed by atoms with van der Waals surface area (Å²) in [6.07, 6.45) is 2.51. The highest BCUT2D eigenvalue weighted by Crippen LogP contribution is 2.58. The number of amides is 1. The van der Waals surface area contributed by atoms with Crippen LogP contribution in [-0.4, -0.2) is 23.8 Å². The number of hydrogen-bond donors (Lipinski definition) is 1. The molecule has 7 heteroatoms. The van der Waals surface area contributed by atoms with Crippen molar-refractivity contribution in [2.24, 2.45) is 11.3 Å². The third-order valence-electron chi connectivity index (χ3n) is 9.20. The zero-order valence-corrected chi connectivity index (χ0v) is 23.4. The summed E-state index contributed by atoms with van der Waals surface area (Å²) in [7, 11) is 0. The molecule has 5 rings (SSSR count). The number of benzene rings is 2. The fourth-order valence-electron chi connectivity index (χ4n) is 7.36. The zero-order valence-electron chi connectivity index (χ0n) is 23.4. The van der Waals surface area contributed by atoms with Crippen LogP contribution in [0.4, 0.5) is 13.2 Å². The quantitative estimate of drug-likeness (QED) is 0.327. The number of nitrogens with one attached hydrogen (secondary N) is 1. The van der Waals surface area contributed by atoms with E-state index in [1.807, 2.05) is 0 Å². The van der Waals surface area contributed by atoms with Gasteiger partial charge in [0.2, 0.25) is 0 Å². The molecule has 2 aliphatic carbocycles. The van der Waals surface area contributed by atoms with Crippen LogP contribution in [0.3, 0.4) is 0 Å². The summed E-state index contributed by atoms with van der Waals surface area (Å²) in [6, 6.07) is 18.4. The molecule has 3 atom stereocenters. The fourth-order valence-corrected chi connectivity index (χ4v) is 7.36. The number of rotatable bonds is 7. The highest BCUT2D eigenvalue weighted by atomic mass is 19.4. The molecule has 0 aliphatic heterocycles. The van der Waals surface area contributed by atoms with Crippen LogP contribution in [0, 0.1) is 11.3 Å². The Morgan fingerprint density at radius 3 is 2.55 bits per heavy atom. The van der Waals surface area contributed by atoms with Gasteiger partial charge in [-0.05, 0) is 101 Å². The molecule has 212 valence electrons. The third kappa shape index (κ3) is 5.74. The van der Waals surface area contributed by atoms with Crippen molar-refractivity contribution in [3.05, 3.63) is 94.8 Å². The van der Waals surface area contributed by atoms with Crippen LogP contribution in [0.5, 0.6) is 5.75 Å². The summed E-state index contributed by atoms with van der Waals surface area (Å²) in [4.78, 5) is 17.3. The minimum atomic E-state index is -4.73. The Bertz CT molecular complexity index is 1340. The lowest BCUT2D eigenvalue weighted by atomic mass is 9.48.